The fourth-order valence-electron chi connectivity index (χ4n) is 3.23. The van der Waals surface area contributed by atoms with Gasteiger partial charge in [-0.25, -0.2) is 4.79 Å². The van der Waals surface area contributed by atoms with Crippen molar-refractivity contribution >= 4 is 39.9 Å². The molecule has 2 heterocycles. The number of aromatic amines is 1. The van der Waals surface area contributed by atoms with Crippen molar-refractivity contribution in [1.29, 1.82) is 0 Å². The van der Waals surface area contributed by atoms with Crippen LogP contribution in [-0.2, 0) is 0 Å². The Balaban J connectivity index is 1.73. The summed E-state index contributed by atoms with van der Waals surface area (Å²) in [4.78, 5) is 20.2. The predicted molar refractivity (Wildman–Crippen MR) is 117 cm³/mol. The van der Waals surface area contributed by atoms with Gasteiger partial charge in [0.2, 0.25) is 0 Å². The first kappa shape index (κ1) is 18.8. The van der Waals surface area contributed by atoms with Gasteiger partial charge < -0.3 is 20.4 Å². The van der Waals surface area contributed by atoms with Gasteiger partial charge in [0.25, 0.3) is 0 Å². The third kappa shape index (κ3) is 3.75. The number of halogens is 1. The minimum absolute atomic E-state index is 0.384. The van der Waals surface area contributed by atoms with Gasteiger partial charge in [-0.2, -0.15) is 0 Å². The van der Waals surface area contributed by atoms with Crippen LogP contribution in [0, 0.1) is 6.92 Å². The summed E-state index contributed by atoms with van der Waals surface area (Å²) in [6.45, 7) is 1.95. The summed E-state index contributed by atoms with van der Waals surface area (Å²) in [7, 11) is 1.57. The Morgan fingerprint density at radius 3 is 2.66 bits per heavy atom. The van der Waals surface area contributed by atoms with Crippen molar-refractivity contribution in [3.05, 3.63) is 71.5 Å². The lowest BCUT2D eigenvalue weighted by atomic mass is 10.1. The van der Waals surface area contributed by atoms with Crippen molar-refractivity contribution in [3.63, 3.8) is 0 Å². The zero-order valence-corrected chi connectivity index (χ0v) is 16.7. The van der Waals surface area contributed by atoms with Gasteiger partial charge in [0.05, 0.1) is 34.7 Å². The first-order valence-corrected chi connectivity index (χ1v) is 9.38. The maximum atomic E-state index is 12.8. The molecule has 29 heavy (non-hydrogen) atoms. The minimum Gasteiger partial charge on any atom is -0.495 e. The van der Waals surface area contributed by atoms with E-state index in [2.05, 4.69) is 20.6 Å². The van der Waals surface area contributed by atoms with Crippen molar-refractivity contribution in [3.8, 4) is 17.0 Å². The van der Waals surface area contributed by atoms with Crippen LogP contribution in [-0.4, -0.2) is 23.1 Å². The molecule has 0 aliphatic heterocycles. The number of aromatic nitrogens is 2. The number of hydrogen-bond donors (Lipinski definition) is 3. The Bertz CT molecular complexity index is 1190. The molecule has 0 aliphatic rings. The van der Waals surface area contributed by atoms with E-state index in [-0.39, 0.29) is 6.03 Å². The smallest absolute Gasteiger partial charge is 0.323 e. The van der Waals surface area contributed by atoms with Gasteiger partial charge >= 0.3 is 6.03 Å². The molecule has 0 atom stereocenters. The second-order valence-electron chi connectivity index (χ2n) is 6.56. The number of urea groups is 1. The Kier molecular flexibility index (Phi) is 5.10. The van der Waals surface area contributed by atoms with Gasteiger partial charge in [0, 0.05) is 23.3 Å². The fraction of sp³-hybridized carbons (Fsp3) is 0.0909. The number of methoxy groups -OCH3 is 1. The normalized spacial score (nSPS) is 10.7. The van der Waals surface area contributed by atoms with E-state index < -0.39 is 0 Å². The first-order valence-electron chi connectivity index (χ1n) is 9.00. The molecular weight excluding hydrogens is 388 g/mol. The van der Waals surface area contributed by atoms with Gasteiger partial charge in [-0.05, 0) is 42.8 Å². The van der Waals surface area contributed by atoms with Crippen LogP contribution in [0.25, 0.3) is 22.2 Å². The van der Waals surface area contributed by atoms with Crippen LogP contribution in [0.15, 0.2) is 60.9 Å². The van der Waals surface area contributed by atoms with E-state index in [9.17, 15) is 4.79 Å². The highest BCUT2D eigenvalue weighted by atomic mass is 35.5. The van der Waals surface area contributed by atoms with Crippen molar-refractivity contribution in [2.75, 3.05) is 17.7 Å². The molecule has 4 aromatic rings. The summed E-state index contributed by atoms with van der Waals surface area (Å²) in [6.07, 6.45) is 3.40. The molecule has 2 aromatic carbocycles. The van der Waals surface area contributed by atoms with E-state index in [1.807, 2.05) is 49.4 Å². The number of para-hydroxylation sites is 1. The third-order valence-electron chi connectivity index (χ3n) is 4.59. The number of nitrogens with one attached hydrogen (secondary N) is 3. The lowest BCUT2D eigenvalue weighted by molar-refractivity contribution is 0.262. The van der Waals surface area contributed by atoms with Crippen LogP contribution >= 0.6 is 11.6 Å². The molecular formula is C22H19ClN4O2. The quantitative estimate of drug-likeness (QED) is 0.398. The van der Waals surface area contributed by atoms with Gasteiger partial charge in [0.1, 0.15) is 5.75 Å². The zero-order valence-electron chi connectivity index (χ0n) is 15.9. The molecule has 0 spiro atoms. The molecule has 0 unspecified atom stereocenters. The van der Waals surface area contributed by atoms with Crippen LogP contribution in [0.3, 0.4) is 0 Å². The third-order valence-corrected chi connectivity index (χ3v) is 4.91. The number of carbonyl (C=O) groups excluding carboxylic acids is 1. The maximum absolute atomic E-state index is 12.8. The average molecular weight is 407 g/mol. The van der Waals surface area contributed by atoms with Crippen LogP contribution in [0.1, 0.15) is 5.56 Å². The standard InChI is InChI=1S/C22H19ClN4O2/c1-13-6-7-18(29-2)17(12-13)25-22(28)27-21-15-4-3-5-16(23)20(15)26-19(21)14-8-10-24-11-9-14/h3-12,26H,1-2H3,(H2,25,27,28). The molecule has 7 heteroatoms. The number of anilines is 2. The second kappa shape index (κ2) is 7.85. The number of benzene rings is 2. The summed E-state index contributed by atoms with van der Waals surface area (Å²) in [5.41, 5.74) is 4.63. The van der Waals surface area contributed by atoms with Gasteiger partial charge in [-0.3, -0.25) is 4.98 Å². The topological polar surface area (TPSA) is 79.0 Å². The molecule has 6 nitrogen and oxygen atoms in total. The second-order valence-corrected chi connectivity index (χ2v) is 6.96. The van der Waals surface area contributed by atoms with Crippen LogP contribution < -0.4 is 15.4 Å². The number of H-pyrrole nitrogens is 1. The van der Waals surface area contributed by atoms with Crippen molar-refractivity contribution in [1.82, 2.24) is 9.97 Å². The van der Waals surface area contributed by atoms with Crippen LogP contribution in [0.2, 0.25) is 5.02 Å². The first-order chi connectivity index (χ1) is 14.1. The van der Waals surface area contributed by atoms with Gasteiger partial charge in [-0.15, -0.1) is 0 Å². The minimum atomic E-state index is -0.384. The predicted octanol–water partition coefficient (Wildman–Crippen LogP) is 5.84. The maximum Gasteiger partial charge on any atom is 0.323 e. The highest BCUT2D eigenvalue weighted by Gasteiger charge is 2.18. The molecule has 4 rings (SSSR count). The number of ether oxygens (including phenoxy) is 1. The van der Waals surface area contributed by atoms with E-state index >= 15 is 0 Å². The summed E-state index contributed by atoms with van der Waals surface area (Å²) in [6, 6.07) is 14.5. The molecule has 2 aromatic heterocycles. The molecule has 0 radical (unpaired) electrons. The number of amides is 2. The zero-order chi connectivity index (χ0) is 20.4. The lowest BCUT2D eigenvalue weighted by Crippen LogP contribution is -2.20. The fourth-order valence-corrected chi connectivity index (χ4v) is 3.45. The molecule has 0 saturated heterocycles. The number of aryl methyl sites for hydroxylation is 1. The van der Waals surface area contributed by atoms with E-state index in [0.717, 1.165) is 27.7 Å². The molecule has 146 valence electrons. The average Bonchev–Trinajstić information content (AvgIpc) is 3.08. The number of nitrogens with zero attached hydrogens (tertiary/aromatic N) is 1. The SMILES string of the molecule is COc1ccc(C)cc1NC(=O)Nc1c(-c2ccncc2)[nH]c2c(Cl)cccc12. The van der Waals surface area contributed by atoms with E-state index in [4.69, 9.17) is 16.3 Å². The van der Waals surface area contributed by atoms with Crippen LogP contribution in [0.5, 0.6) is 5.75 Å². The molecule has 2 amide bonds. The number of fused-ring (bicyclic) bond motifs is 1. The Labute approximate surface area is 172 Å². The van der Waals surface area contributed by atoms with Crippen LogP contribution in [0.4, 0.5) is 16.2 Å². The van der Waals surface area contributed by atoms with Gasteiger partial charge in [-0.1, -0.05) is 29.8 Å². The summed E-state index contributed by atoms with van der Waals surface area (Å²) < 4.78 is 5.34. The number of carbonyl (C=O) groups is 1. The van der Waals surface area contributed by atoms with E-state index in [0.29, 0.717) is 22.1 Å². The number of pyridine rings is 1. The Morgan fingerprint density at radius 1 is 1.10 bits per heavy atom. The Morgan fingerprint density at radius 2 is 1.90 bits per heavy atom. The van der Waals surface area contributed by atoms with Crippen molar-refractivity contribution in [2.24, 2.45) is 0 Å². The van der Waals surface area contributed by atoms with E-state index in [1.54, 1.807) is 25.6 Å². The summed E-state index contributed by atoms with van der Waals surface area (Å²) in [5.74, 6) is 0.585. The van der Waals surface area contributed by atoms with Crippen molar-refractivity contribution < 1.29 is 9.53 Å². The lowest BCUT2D eigenvalue weighted by Gasteiger charge is -2.13. The molecule has 0 bridgehead atoms. The molecule has 3 N–H and O–H groups in total. The summed E-state index contributed by atoms with van der Waals surface area (Å²) >= 11 is 6.36. The highest BCUT2D eigenvalue weighted by molar-refractivity contribution is 6.36. The number of hydrogen-bond acceptors (Lipinski definition) is 3. The van der Waals surface area contributed by atoms with Gasteiger partial charge in [0.15, 0.2) is 0 Å². The Hall–Kier alpha value is -3.51. The van der Waals surface area contributed by atoms with E-state index in [1.165, 1.54) is 0 Å². The number of rotatable bonds is 4. The molecule has 0 aliphatic carbocycles. The highest BCUT2D eigenvalue weighted by Crippen LogP contribution is 2.37. The monoisotopic (exact) mass is 406 g/mol. The summed E-state index contributed by atoms with van der Waals surface area (Å²) in [5, 5.41) is 7.22. The van der Waals surface area contributed by atoms with Crippen molar-refractivity contribution in [2.45, 2.75) is 6.92 Å². The largest absolute Gasteiger partial charge is 0.495 e. The molecule has 0 saturated carbocycles. The molecule has 0 fully saturated rings.